The number of nitrogens with zero attached hydrogens (tertiary/aromatic N) is 2. The zero-order valence-corrected chi connectivity index (χ0v) is 13.4. The Morgan fingerprint density at radius 2 is 1.95 bits per heavy atom. The van der Waals surface area contributed by atoms with E-state index in [4.69, 9.17) is 17.0 Å². The summed E-state index contributed by atoms with van der Waals surface area (Å²) in [6.45, 7) is 0. The second-order valence-corrected chi connectivity index (χ2v) is 6.15. The van der Waals surface area contributed by atoms with Crippen LogP contribution in [0.2, 0.25) is 0 Å². The van der Waals surface area contributed by atoms with E-state index in [9.17, 15) is 4.79 Å². The van der Waals surface area contributed by atoms with Gasteiger partial charge in [-0.2, -0.15) is 0 Å². The molecule has 0 saturated carbocycles. The van der Waals surface area contributed by atoms with Crippen LogP contribution < -0.4 is 9.64 Å². The van der Waals surface area contributed by atoms with Crippen molar-refractivity contribution >= 4 is 46.0 Å². The first-order valence-electron chi connectivity index (χ1n) is 6.51. The Labute approximate surface area is 137 Å². The van der Waals surface area contributed by atoms with E-state index in [1.807, 2.05) is 36.4 Å². The summed E-state index contributed by atoms with van der Waals surface area (Å²) in [6, 6.07) is 11.0. The predicted octanol–water partition coefficient (Wildman–Crippen LogP) is 3.50. The maximum Gasteiger partial charge on any atom is 0.270 e. The molecule has 1 amide bonds. The molecule has 1 aliphatic heterocycles. The zero-order valence-electron chi connectivity index (χ0n) is 11.7. The maximum absolute atomic E-state index is 12.7. The summed E-state index contributed by atoms with van der Waals surface area (Å²) in [5, 5.41) is 0. The first-order valence-corrected chi connectivity index (χ1v) is 7.74. The van der Waals surface area contributed by atoms with Gasteiger partial charge in [0.15, 0.2) is 4.32 Å². The van der Waals surface area contributed by atoms with Crippen molar-refractivity contribution in [3.8, 4) is 5.75 Å². The van der Waals surface area contributed by atoms with Gasteiger partial charge < -0.3 is 4.74 Å². The molecule has 0 atom stereocenters. The molecule has 3 rings (SSSR count). The van der Waals surface area contributed by atoms with Gasteiger partial charge in [-0.3, -0.25) is 14.7 Å². The average Bonchev–Trinajstić information content (AvgIpc) is 2.82. The third-order valence-electron chi connectivity index (χ3n) is 3.12. The van der Waals surface area contributed by atoms with Crippen molar-refractivity contribution in [2.75, 3.05) is 12.0 Å². The normalized spacial score (nSPS) is 16.4. The number of thioether (sulfide) groups is 1. The number of hydrogen-bond acceptors (Lipinski definition) is 5. The van der Waals surface area contributed by atoms with Gasteiger partial charge in [-0.25, -0.2) is 0 Å². The lowest BCUT2D eigenvalue weighted by molar-refractivity contribution is -0.113. The quantitative estimate of drug-likeness (QED) is 0.637. The molecule has 22 heavy (non-hydrogen) atoms. The Morgan fingerprint density at radius 1 is 1.23 bits per heavy atom. The summed E-state index contributed by atoms with van der Waals surface area (Å²) >= 11 is 6.64. The van der Waals surface area contributed by atoms with E-state index in [1.165, 1.54) is 16.7 Å². The molecule has 1 aromatic carbocycles. The predicted molar refractivity (Wildman–Crippen MR) is 92.9 cm³/mol. The lowest BCUT2D eigenvalue weighted by atomic mass is 10.2. The van der Waals surface area contributed by atoms with Gasteiger partial charge in [-0.05, 0) is 35.9 Å². The van der Waals surface area contributed by atoms with Gasteiger partial charge in [0.1, 0.15) is 5.75 Å². The fourth-order valence-electron chi connectivity index (χ4n) is 2.10. The van der Waals surface area contributed by atoms with Gasteiger partial charge >= 0.3 is 0 Å². The van der Waals surface area contributed by atoms with Gasteiger partial charge in [0.2, 0.25) is 0 Å². The number of rotatable bonds is 3. The topological polar surface area (TPSA) is 42.4 Å². The van der Waals surface area contributed by atoms with Gasteiger partial charge in [-0.15, -0.1) is 0 Å². The number of aromatic nitrogens is 1. The summed E-state index contributed by atoms with van der Waals surface area (Å²) in [7, 11) is 1.57. The van der Waals surface area contributed by atoms with Crippen molar-refractivity contribution in [1.82, 2.24) is 4.98 Å². The summed E-state index contributed by atoms with van der Waals surface area (Å²) < 4.78 is 5.81. The van der Waals surface area contributed by atoms with E-state index in [-0.39, 0.29) is 5.91 Å². The number of hydrogen-bond donors (Lipinski definition) is 0. The summed E-state index contributed by atoms with van der Waals surface area (Å²) in [5.74, 6) is 0.472. The Morgan fingerprint density at radius 3 is 2.68 bits per heavy atom. The molecule has 0 radical (unpaired) electrons. The van der Waals surface area contributed by atoms with Crippen LogP contribution in [0, 0.1) is 0 Å². The summed E-state index contributed by atoms with van der Waals surface area (Å²) in [4.78, 5) is 18.7. The number of thiocarbonyl (C=S) groups is 1. The highest BCUT2D eigenvalue weighted by Crippen LogP contribution is 2.39. The average molecular weight is 328 g/mol. The Hall–Kier alpha value is -2.18. The molecule has 1 aromatic heterocycles. The highest BCUT2D eigenvalue weighted by Gasteiger charge is 2.34. The van der Waals surface area contributed by atoms with Crippen LogP contribution in [-0.4, -0.2) is 22.3 Å². The molecule has 1 fully saturated rings. The molecule has 110 valence electrons. The number of carbonyl (C=O) groups excluding carboxylic acids is 1. The summed E-state index contributed by atoms with van der Waals surface area (Å²) in [6.07, 6.45) is 5.19. The molecule has 6 heteroatoms. The monoisotopic (exact) mass is 328 g/mol. The van der Waals surface area contributed by atoms with Crippen LogP contribution >= 0.6 is 24.0 Å². The third-order valence-corrected chi connectivity index (χ3v) is 4.43. The number of ether oxygens (including phenoxy) is 1. The molecule has 2 aromatic rings. The molecule has 0 unspecified atom stereocenters. The minimum atomic E-state index is -0.142. The van der Waals surface area contributed by atoms with Crippen LogP contribution in [0.5, 0.6) is 5.75 Å². The van der Waals surface area contributed by atoms with Crippen LogP contribution in [0.25, 0.3) is 6.08 Å². The van der Waals surface area contributed by atoms with E-state index in [0.717, 1.165) is 5.56 Å². The molecular weight excluding hydrogens is 316 g/mol. The van der Waals surface area contributed by atoms with E-state index in [2.05, 4.69) is 4.98 Å². The molecule has 0 aliphatic carbocycles. The Kier molecular flexibility index (Phi) is 4.22. The van der Waals surface area contributed by atoms with E-state index < -0.39 is 0 Å². The van der Waals surface area contributed by atoms with Crippen LogP contribution in [-0.2, 0) is 4.79 Å². The van der Waals surface area contributed by atoms with Crippen molar-refractivity contribution < 1.29 is 9.53 Å². The fourth-order valence-corrected chi connectivity index (χ4v) is 3.39. The van der Waals surface area contributed by atoms with Gasteiger partial charge in [0, 0.05) is 12.4 Å². The molecular formula is C16H12N2O2S2. The Bertz CT molecular complexity index is 760. The molecule has 0 bridgehead atoms. The third kappa shape index (κ3) is 2.75. The lowest BCUT2D eigenvalue weighted by Gasteiger charge is -2.17. The first kappa shape index (κ1) is 14.7. The van der Waals surface area contributed by atoms with Crippen molar-refractivity contribution in [2.45, 2.75) is 0 Å². The lowest BCUT2D eigenvalue weighted by Crippen LogP contribution is -2.27. The van der Waals surface area contributed by atoms with Crippen LogP contribution in [0.15, 0.2) is 53.7 Å². The molecule has 4 nitrogen and oxygen atoms in total. The molecule has 2 heterocycles. The number of methoxy groups -OCH3 is 1. The number of amides is 1. The van der Waals surface area contributed by atoms with Gasteiger partial charge in [0.05, 0.1) is 17.7 Å². The second kappa shape index (κ2) is 6.29. The number of anilines is 1. The highest BCUT2D eigenvalue weighted by molar-refractivity contribution is 8.27. The largest absolute Gasteiger partial charge is 0.495 e. The van der Waals surface area contributed by atoms with Crippen LogP contribution in [0.3, 0.4) is 0 Å². The Balaban J connectivity index is 1.97. The number of para-hydroxylation sites is 2. The molecule has 0 spiro atoms. The zero-order chi connectivity index (χ0) is 15.5. The van der Waals surface area contributed by atoms with Crippen molar-refractivity contribution in [1.29, 1.82) is 0 Å². The summed E-state index contributed by atoms with van der Waals surface area (Å²) in [5.41, 5.74) is 1.57. The molecule has 1 aliphatic rings. The standard InChI is InChI=1S/C16H12N2O2S2/c1-20-13-5-3-2-4-12(13)18-15(19)14(22-16(18)21)10-11-6-8-17-9-7-11/h2-10H,1H3. The fraction of sp³-hybridized carbons (Fsp3) is 0.0625. The minimum absolute atomic E-state index is 0.142. The molecule has 1 saturated heterocycles. The SMILES string of the molecule is COc1ccccc1N1C(=O)C(=Cc2ccncc2)SC1=S. The smallest absolute Gasteiger partial charge is 0.270 e. The molecule has 0 N–H and O–H groups in total. The van der Waals surface area contributed by atoms with Gasteiger partial charge in [0.25, 0.3) is 5.91 Å². The van der Waals surface area contributed by atoms with Gasteiger partial charge in [-0.1, -0.05) is 36.1 Å². The number of benzene rings is 1. The van der Waals surface area contributed by atoms with Crippen LogP contribution in [0.1, 0.15) is 5.56 Å². The maximum atomic E-state index is 12.7. The van der Waals surface area contributed by atoms with Crippen molar-refractivity contribution in [3.63, 3.8) is 0 Å². The van der Waals surface area contributed by atoms with Crippen molar-refractivity contribution in [3.05, 3.63) is 59.3 Å². The van der Waals surface area contributed by atoms with E-state index in [0.29, 0.717) is 20.7 Å². The second-order valence-electron chi connectivity index (χ2n) is 4.47. The highest BCUT2D eigenvalue weighted by atomic mass is 32.2. The first-order chi connectivity index (χ1) is 10.7. The number of pyridine rings is 1. The van der Waals surface area contributed by atoms with E-state index >= 15 is 0 Å². The number of carbonyl (C=O) groups is 1. The van der Waals surface area contributed by atoms with E-state index in [1.54, 1.807) is 25.6 Å². The minimum Gasteiger partial charge on any atom is -0.495 e. The van der Waals surface area contributed by atoms with Crippen molar-refractivity contribution in [2.24, 2.45) is 0 Å². The van der Waals surface area contributed by atoms with Crippen LogP contribution in [0.4, 0.5) is 5.69 Å².